The van der Waals surface area contributed by atoms with Crippen LogP contribution in [0.4, 0.5) is 0 Å². The maximum atomic E-state index is 11.4. The molecule has 0 heterocycles. The number of carbonyl (C=O) groups excluding carboxylic acids is 1. The van der Waals surface area contributed by atoms with Crippen molar-refractivity contribution in [3.63, 3.8) is 0 Å². The highest BCUT2D eigenvalue weighted by atomic mass is 32.2. The number of amides is 1. The van der Waals surface area contributed by atoms with Gasteiger partial charge in [0, 0.05) is 6.54 Å². The number of carbonyl (C=O) groups is 1. The summed E-state index contributed by atoms with van der Waals surface area (Å²) in [5.41, 5.74) is 5.25. The van der Waals surface area contributed by atoms with Gasteiger partial charge in [-0.1, -0.05) is 6.92 Å². The quantitative estimate of drug-likeness (QED) is 0.565. The standard InChI is InChI=1S/C9H20N2O3S/c1-2-6-11-9(12)8-15(13,14)7-4-3-5-10/h2-8,10H2,1H3,(H,11,12). The highest BCUT2D eigenvalue weighted by Crippen LogP contribution is 1.96. The molecule has 0 unspecified atom stereocenters. The molecule has 3 N–H and O–H groups in total. The number of hydrogen-bond acceptors (Lipinski definition) is 4. The molecule has 0 aromatic carbocycles. The molecule has 0 atom stereocenters. The van der Waals surface area contributed by atoms with Gasteiger partial charge in [0.1, 0.15) is 5.75 Å². The van der Waals surface area contributed by atoms with Gasteiger partial charge in [0.15, 0.2) is 9.84 Å². The molecule has 0 aromatic heterocycles. The molecule has 5 nitrogen and oxygen atoms in total. The first-order valence-electron chi connectivity index (χ1n) is 5.19. The topological polar surface area (TPSA) is 89.3 Å². The Morgan fingerprint density at radius 3 is 2.53 bits per heavy atom. The van der Waals surface area contributed by atoms with Crippen molar-refractivity contribution in [3.05, 3.63) is 0 Å². The molecule has 0 fully saturated rings. The van der Waals surface area contributed by atoms with Crippen LogP contribution in [0.1, 0.15) is 26.2 Å². The van der Waals surface area contributed by atoms with Gasteiger partial charge >= 0.3 is 0 Å². The fraction of sp³-hybridized carbons (Fsp3) is 0.889. The fourth-order valence-electron chi connectivity index (χ4n) is 1.05. The van der Waals surface area contributed by atoms with Crippen LogP contribution in [0.5, 0.6) is 0 Å². The first kappa shape index (κ1) is 14.4. The molecule has 0 radical (unpaired) electrons. The molecule has 1 amide bonds. The average molecular weight is 236 g/mol. The molecule has 15 heavy (non-hydrogen) atoms. The number of sulfone groups is 1. The lowest BCUT2D eigenvalue weighted by atomic mass is 10.3. The van der Waals surface area contributed by atoms with Crippen LogP contribution in [-0.4, -0.2) is 38.9 Å². The molecule has 0 rings (SSSR count). The van der Waals surface area contributed by atoms with Crippen LogP contribution in [0.2, 0.25) is 0 Å². The van der Waals surface area contributed by atoms with Crippen molar-refractivity contribution < 1.29 is 13.2 Å². The van der Waals surface area contributed by atoms with Crippen LogP contribution in [-0.2, 0) is 14.6 Å². The summed E-state index contributed by atoms with van der Waals surface area (Å²) in [4.78, 5) is 11.1. The Morgan fingerprint density at radius 1 is 1.33 bits per heavy atom. The molecule has 0 aliphatic rings. The Kier molecular flexibility index (Phi) is 7.33. The fourth-order valence-corrected chi connectivity index (χ4v) is 2.34. The maximum Gasteiger partial charge on any atom is 0.235 e. The summed E-state index contributed by atoms with van der Waals surface area (Å²) in [6.07, 6.45) is 2.01. The van der Waals surface area contributed by atoms with E-state index in [1.165, 1.54) is 0 Å². The van der Waals surface area contributed by atoms with Crippen molar-refractivity contribution in [1.82, 2.24) is 5.32 Å². The van der Waals surface area contributed by atoms with E-state index in [0.29, 0.717) is 25.9 Å². The minimum Gasteiger partial charge on any atom is -0.355 e. The van der Waals surface area contributed by atoms with E-state index in [4.69, 9.17) is 5.73 Å². The van der Waals surface area contributed by atoms with Gasteiger partial charge in [0.2, 0.25) is 5.91 Å². The predicted octanol–water partition coefficient (Wildman–Crippen LogP) is -0.334. The molecule has 0 aromatic rings. The first-order valence-corrected chi connectivity index (χ1v) is 7.01. The zero-order chi connectivity index (χ0) is 11.7. The zero-order valence-electron chi connectivity index (χ0n) is 9.16. The second-order valence-electron chi connectivity index (χ2n) is 3.44. The molecule has 0 aliphatic heterocycles. The Balaban J connectivity index is 3.86. The first-order chi connectivity index (χ1) is 7.02. The lowest BCUT2D eigenvalue weighted by molar-refractivity contribution is -0.118. The van der Waals surface area contributed by atoms with E-state index in [1.807, 2.05) is 6.92 Å². The van der Waals surface area contributed by atoms with E-state index in [-0.39, 0.29) is 5.75 Å². The van der Waals surface area contributed by atoms with Crippen LogP contribution in [0.3, 0.4) is 0 Å². The largest absolute Gasteiger partial charge is 0.355 e. The Bertz CT molecular complexity index is 275. The summed E-state index contributed by atoms with van der Waals surface area (Å²) >= 11 is 0. The molecule has 90 valence electrons. The summed E-state index contributed by atoms with van der Waals surface area (Å²) in [6, 6.07) is 0. The number of rotatable bonds is 8. The van der Waals surface area contributed by atoms with Crippen molar-refractivity contribution in [1.29, 1.82) is 0 Å². The average Bonchev–Trinajstić information content (AvgIpc) is 2.14. The second kappa shape index (κ2) is 7.64. The Morgan fingerprint density at radius 2 is 2.00 bits per heavy atom. The van der Waals surface area contributed by atoms with Crippen molar-refractivity contribution in [3.8, 4) is 0 Å². The zero-order valence-corrected chi connectivity index (χ0v) is 9.98. The Labute approximate surface area is 91.3 Å². The maximum absolute atomic E-state index is 11.4. The summed E-state index contributed by atoms with van der Waals surface area (Å²) in [5.74, 6) is -0.772. The Hall–Kier alpha value is -0.620. The van der Waals surface area contributed by atoms with E-state index in [9.17, 15) is 13.2 Å². The SMILES string of the molecule is CCCNC(=O)CS(=O)(=O)CCCCN. The number of nitrogens with one attached hydrogen (secondary N) is 1. The van der Waals surface area contributed by atoms with Gasteiger partial charge in [0.05, 0.1) is 5.75 Å². The second-order valence-corrected chi connectivity index (χ2v) is 5.62. The van der Waals surface area contributed by atoms with Crippen molar-refractivity contribution in [2.75, 3.05) is 24.6 Å². The van der Waals surface area contributed by atoms with E-state index < -0.39 is 21.5 Å². The van der Waals surface area contributed by atoms with Gasteiger partial charge in [-0.2, -0.15) is 0 Å². The molecular weight excluding hydrogens is 216 g/mol. The van der Waals surface area contributed by atoms with Gasteiger partial charge < -0.3 is 11.1 Å². The molecule has 6 heteroatoms. The van der Waals surface area contributed by atoms with Gasteiger partial charge in [0.25, 0.3) is 0 Å². The molecular formula is C9H20N2O3S. The van der Waals surface area contributed by atoms with Crippen molar-refractivity contribution in [2.24, 2.45) is 5.73 Å². The smallest absolute Gasteiger partial charge is 0.235 e. The van der Waals surface area contributed by atoms with E-state index in [0.717, 1.165) is 6.42 Å². The monoisotopic (exact) mass is 236 g/mol. The number of unbranched alkanes of at least 4 members (excludes halogenated alkanes) is 1. The summed E-state index contributed by atoms with van der Waals surface area (Å²) in [6.45, 7) is 2.92. The third kappa shape index (κ3) is 8.38. The van der Waals surface area contributed by atoms with Crippen molar-refractivity contribution in [2.45, 2.75) is 26.2 Å². The van der Waals surface area contributed by atoms with Crippen LogP contribution in [0.15, 0.2) is 0 Å². The third-order valence-corrected chi connectivity index (χ3v) is 3.45. The molecule has 0 spiro atoms. The molecule has 0 bridgehead atoms. The van der Waals surface area contributed by atoms with Gasteiger partial charge in [-0.3, -0.25) is 4.79 Å². The minimum absolute atomic E-state index is 0.0454. The summed E-state index contributed by atoms with van der Waals surface area (Å²) in [7, 11) is -3.25. The molecule has 0 aliphatic carbocycles. The van der Waals surface area contributed by atoms with Gasteiger partial charge in [-0.15, -0.1) is 0 Å². The summed E-state index contributed by atoms with van der Waals surface area (Å²) < 4.78 is 22.8. The highest BCUT2D eigenvalue weighted by molar-refractivity contribution is 7.92. The van der Waals surface area contributed by atoms with Crippen molar-refractivity contribution >= 4 is 15.7 Å². The normalized spacial score (nSPS) is 11.3. The van der Waals surface area contributed by atoms with Crippen LogP contribution in [0, 0.1) is 0 Å². The minimum atomic E-state index is -3.25. The number of nitrogens with two attached hydrogens (primary N) is 1. The van der Waals surface area contributed by atoms with E-state index in [1.54, 1.807) is 0 Å². The third-order valence-electron chi connectivity index (χ3n) is 1.83. The molecule has 0 saturated heterocycles. The van der Waals surface area contributed by atoms with Gasteiger partial charge in [-0.05, 0) is 25.8 Å². The highest BCUT2D eigenvalue weighted by Gasteiger charge is 2.15. The van der Waals surface area contributed by atoms with E-state index in [2.05, 4.69) is 5.32 Å². The number of hydrogen-bond donors (Lipinski definition) is 2. The molecule has 0 saturated carbocycles. The summed E-state index contributed by atoms with van der Waals surface area (Å²) in [5, 5.41) is 2.54. The van der Waals surface area contributed by atoms with Crippen LogP contribution in [0.25, 0.3) is 0 Å². The van der Waals surface area contributed by atoms with Crippen LogP contribution >= 0.6 is 0 Å². The van der Waals surface area contributed by atoms with E-state index >= 15 is 0 Å². The van der Waals surface area contributed by atoms with Crippen LogP contribution < -0.4 is 11.1 Å². The lowest BCUT2D eigenvalue weighted by Gasteiger charge is -2.04. The van der Waals surface area contributed by atoms with Gasteiger partial charge in [-0.25, -0.2) is 8.42 Å². The lowest BCUT2D eigenvalue weighted by Crippen LogP contribution is -2.31. The predicted molar refractivity (Wildman–Crippen MR) is 60.2 cm³/mol.